The zero-order chi connectivity index (χ0) is 22.4. The molecule has 31 heavy (non-hydrogen) atoms. The first-order valence-corrected chi connectivity index (χ1v) is 10.9. The molecule has 0 bridgehead atoms. The van der Waals surface area contributed by atoms with Crippen molar-refractivity contribution in [2.45, 2.75) is 51.5 Å². The Kier molecular flexibility index (Phi) is 7.68. The van der Waals surface area contributed by atoms with Crippen molar-refractivity contribution in [1.82, 2.24) is 10.3 Å². The molecule has 3 rings (SSSR count). The number of pyridine rings is 1. The minimum Gasteiger partial charge on any atom is -0.464 e. The number of carbonyl (C=O) groups is 2. The predicted molar refractivity (Wildman–Crippen MR) is 121 cm³/mol. The molecule has 1 unspecified atom stereocenters. The van der Waals surface area contributed by atoms with E-state index >= 15 is 0 Å². The Balaban J connectivity index is 1.87. The Bertz CT molecular complexity index is 985. The van der Waals surface area contributed by atoms with Gasteiger partial charge in [-0.2, -0.15) is 4.99 Å². The highest BCUT2D eigenvalue weighted by Gasteiger charge is 2.33. The molecular formula is C22H28ClN5O3. The Morgan fingerprint density at radius 3 is 2.71 bits per heavy atom. The van der Waals surface area contributed by atoms with Crippen LogP contribution in [0.5, 0.6) is 0 Å². The molecule has 0 saturated heterocycles. The van der Waals surface area contributed by atoms with Crippen LogP contribution < -0.4 is 16.8 Å². The summed E-state index contributed by atoms with van der Waals surface area (Å²) in [5.74, 6) is -0.559. The molecule has 8 nitrogen and oxygen atoms in total. The maximum atomic E-state index is 13.1. The van der Waals surface area contributed by atoms with Gasteiger partial charge in [-0.05, 0) is 37.3 Å². The first-order valence-electron chi connectivity index (χ1n) is 10.6. The maximum Gasteiger partial charge on any atom is 0.328 e. The van der Waals surface area contributed by atoms with Crippen molar-refractivity contribution in [2.75, 3.05) is 6.61 Å². The second-order valence-electron chi connectivity index (χ2n) is 7.74. The number of nitrogens with two attached hydrogens (primary N) is 2. The van der Waals surface area contributed by atoms with Gasteiger partial charge in [0.05, 0.1) is 11.6 Å². The topological polar surface area (TPSA) is 133 Å². The monoisotopic (exact) mass is 445 g/mol. The molecule has 166 valence electrons. The summed E-state index contributed by atoms with van der Waals surface area (Å²) < 4.78 is 5.42. The van der Waals surface area contributed by atoms with Crippen molar-refractivity contribution in [2.24, 2.45) is 22.4 Å². The number of hydrogen-bond donors (Lipinski definition) is 3. The van der Waals surface area contributed by atoms with Gasteiger partial charge in [0.2, 0.25) is 0 Å². The lowest BCUT2D eigenvalue weighted by Crippen LogP contribution is -2.46. The van der Waals surface area contributed by atoms with Gasteiger partial charge >= 0.3 is 5.97 Å². The molecule has 0 spiro atoms. The van der Waals surface area contributed by atoms with E-state index in [1.807, 2.05) is 6.92 Å². The number of nitrogens with zero attached hydrogens (tertiary/aromatic N) is 2. The molecule has 0 aliphatic heterocycles. The van der Waals surface area contributed by atoms with E-state index in [0.29, 0.717) is 28.0 Å². The fourth-order valence-corrected chi connectivity index (χ4v) is 4.05. The molecular weight excluding hydrogens is 418 g/mol. The van der Waals surface area contributed by atoms with Gasteiger partial charge in [0.1, 0.15) is 6.04 Å². The van der Waals surface area contributed by atoms with E-state index in [0.717, 1.165) is 38.5 Å². The summed E-state index contributed by atoms with van der Waals surface area (Å²) in [4.78, 5) is 33.9. The number of aromatic nitrogens is 1. The SMILES string of the molecule is CCCCOC(=O)C(NC(=O)c1ccc2c(Cl)cnc(N=C(N)N)c2c1)C1CCCC1. The van der Waals surface area contributed by atoms with Crippen molar-refractivity contribution in [3.63, 3.8) is 0 Å². The molecule has 1 fully saturated rings. The molecule has 5 N–H and O–H groups in total. The number of hydrogen-bond acceptors (Lipinski definition) is 5. The number of fused-ring (bicyclic) bond motifs is 1. The lowest BCUT2D eigenvalue weighted by molar-refractivity contribution is -0.147. The molecule has 1 heterocycles. The van der Waals surface area contributed by atoms with Gasteiger partial charge in [-0.15, -0.1) is 0 Å². The van der Waals surface area contributed by atoms with E-state index in [4.69, 9.17) is 27.8 Å². The van der Waals surface area contributed by atoms with E-state index in [2.05, 4.69) is 15.3 Å². The number of rotatable bonds is 8. The van der Waals surface area contributed by atoms with E-state index in [-0.39, 0.29) is 29.6 Å². The normalized spacial score (nSPS) is 14.9. The van der Waals surface area contributed by atoms with Gasteiger partial charge in [0, 0.05) is 22.5 Å². The fraction of sp³-hybridized carbons (Fsp3) is 0.455. The molecule has 2 aromatic rings. The quantitative estimate of drug-likeness (QED) is 0.247. The number of esters is 1. The van der Waals surface area contributed by atoms with Crippen LogP contribution in [-0.2, 0) is 9.53 Å². The Hall–Kier alpha value is -2.87. The van der Waals surface area contributed by atoms with Crippen molar-refractivity contribution >= 4 is 46.0 Å². The van der Waals surface area contributed by atoms with Gasteiger partial charge in [-0.1, -0.05) is 43.9 Å². The minimum absolute atomic E-state index is 0.0758. The van der Waals surface area contributed by atoms with Gasteiger partial charge in [-0.25, -0.2) is 9.78 Å². The second-order valence-corrected chi connectivity index (χ2v) is 8.15. The van der Waals surface area contributed by atoms with Crippen molar-refractivity contribution in [1.29, 1.82) is 0 Å². The number of nitrogens with one attached hydrogen (secondary N) is 1. The summed E-state index contributed by atoms with van der Waals surface area (Å²) >= 11 is 6.23. The molecule has 1 saturated carbocycles. The minimum atomic E-state index is -0.669. The number of halogens is 1. The Morgan fingerprint density at radius 2 is 2.03 bits per heavy atom. The fourth-order valence-electron chi connectivity index (χ4n) is 3.84. The molecule has 1 aromatic carbocycles. The average molecular weight is 446 g/mol. The Morgan fingerprint density at radius 1 is 1.29 bits per heavy atom. The van der Waals surface area contributed by atoms with Crippen LogP contribution in [-0.4, -0.2) is 35.5 Å². The third-order valence-electron chi connectivity index (χ3n) is 5.47. The largest absolute Gasteiger partial charge is 0.464 e. The van der Waals surface area contributed by atoms with Crippen molar-refractivity contribution in [3.8, 4) is 0 Å². The van der Waals surface area contributed by atoms with Crippen LogP contribution in [0, 0.1) is 5.92 Å². The summed E-state index contributed by atoms with van der Waals surface area (Å²) in [6.07, 6.45) is 7.04. The molecule has 1 amide bonds. The summed E-state index contributed by atoms with van der Waals surface area (Å²) in [5.41, 5.74) is 11.3. The van der Waals surface area contributed by atoms with Crippen LogP contribution in [0.1, 0.15) is 55.8 Å². The van der Waals surface area contributed by atoms with Crippen molar-refractivity contribution in [3.05, 3.63) is 35.0 Å². The zero-order valence-corrected chi connectivity index (χ0v) is 18.3. The van der Waals surface area contributed by atoms with E-state index in [1.165, 1.54) is 6.20 Å². The summed E-state index contributed by atoms with van der Waals surface area (Å²) in [6, 6.07) is 4.32. The molecule has 0 radical (unpaired) electrons. The van der Waals surface area contributed by atoms with Crippen LogP contribution in [0.25, 0.3) is 10.8 Å². The highest BCUT2D eigenvalue weighted by Crippen LogP contribution is 2.31. The summed E-state index contributed by atoms with van der Waals surface area (Å²) in [6.45, 7) is 2.39. The van der Waals surface area contributed by atoms with Crippen LogP contribution in [0.4, 0.5) is 5.82 Å². The average Bonchev–Trinajstić information content (AvgIpc) is 3.28. The lowest BCUT2D eigenvalue weighted by Gasteiger charge is -2.23. The van der Waals surface area contributed by atoms with Gasteiger partial charge in [-0.3, -0.25) is 4.79 Å². The maximum absolute atomic E-state index is 13.1. The first kappa shape index (κ1) is 22.8. The van der Waals surface area contributed by atoms with Crippen LogP contribution >= 0.6 is 11.6 Å². The van der Waals surface area contributed by atoms with E-state index in [9.17, 15) is 9.59 Å². The molecule has 1 aliphatic carbocycles. The second kappa shape index (κ2) is 10.4. The summed E-state index contributed by atoms with van der Waals surface area (Å²) in [7, 11) is 0. The van der Waals surface area contributed by atoms with Gasteiger partial charge in [0.25, 0.3) is 5.91 Å². The summed E-state index contributed by atoms with van der Waals surface area (Å²) in [5, 5.41) is 4.51. The number of amides is 1. The van der Waals surface area contributed by atoms with Gasteiger partial charge < -0.3 is 21.5 Å². The number of carbonyl (C=O) groups excluding carboxylic acids is 2. The first-order chi connectivity index (χ1) is 14.9. The number of guanidine groups is 1. The highest BCUT2D eigenvalue weighted by molar-refractivity contribution is 6.35. The number of benzene rings is 1. The van der Waals surface area contributed by atoms with Gasteiger partial charge in [0.15, 0.2) is 11.8 Å². The molecule has 1 aliphatic rings. The third-order valence-corrected chi connectivity index (χ3v) is 5.77. The highest BCUT2D eigenvalue weighted by atomic mass is 35.5. The third kappa shape index (κ3) is 5.64. The van der Waals surface area contributed by atoms with Crippen molar-refractivity contribution < 1.29 is 14.3 Å². The molecule has 1 aromatic heterocycles. The molecule has 1 atom stereocenters. The predicted octanol–water partition coefficient (Wildman–Crippen LogP) is 3.43. The molecule has 9 heteroatoms. The smallest absolute Gasteiger partial charge is 0.328 e. The van der Waals surface area contributed by atoms with Crippen LogP contribution in [0.3, 0.4) is 0 Å². The van der Waals surface area contributed by atoms with E-state index < -0.39 is 6.04 Å². The standard InChI is InChI=1S/C22H28ClN5O3/c1-2-3-10-31-21(30)18(13-6-4-5-7-13)27-20(29)14-8-9-15-16(11-14)19(28-22(24)25)26-12-17(15)23/h8-9,11-13,18H,2-7,10H2,1H3,(H,27,29)(H4,24,25,26,28). The van der Waals surface area contributed by atoms with Crippen LogP contribution in [0.2, 0.25) is 5.02 Å². The Labute approximate surface area is 186 Å². The number of unbranched alkanes of at least 4 members (excludes halogenated alkanes) is 1. The number of aliphatic imine (C=N–C) groups is 1. The van der Waals surface area contributed by atoms with E-state index in [1.54, 1.807) is 18.2 Å². The van der Waals surface area contributed by atoms with Crippen LogP contribution in [0.15, 0.2) is 29.4 Å². The number of ether oxygens (including phenoxy) is 1. The lowest BCUT2D eigenvalue weighted by atomic mass is 9.97. The zero-order valence-electron chi connectivity index (χ0n) is 17.6.